The predicted molar refractivity (Wildman–Crippen MR) is 91.1 cm³/mol. The smallest absolute Gasteiger partial charge is 0.242 e. The van der Waals surface area contributed by atoms with Gasteiger partial charge in [0.25, 0.3) is 0 Å². The first-order valence-electron chi connectivity index (χ1n) is 8.16. The first-order chi connectivity index (χ1) is 10.7. The lowest BCUT2D eigenvalue weighted by Gasteiger charge is -2.43. The van der Waals surface area contributed by atoms with Crippen LogP contribution in [0.25, 0.3) is 10.1 Å². The lowest BCUT2D eigenvalue weighted by molar-refractivity contribution is -0.146. The van der Waals surface area contributed by atoms with E-state index in [1.54, 1.807) is 0 Å². The van der Waals surface area contributed by atoms with Crippen LogP contribution in [-0.2, 0) is 11.3 Å². The van der Waals surface area contributed by atoms with Crippen LogP contribution in [0.3, 0.4) is 0 Å². The number of benzene rings is 1. The maximum absolute atomic E-state index is 12.8. The topological polar surface area (TPSA) is 23.6 Å². The molecule has 4 heteroatoms. The number of hydrogen-bond acceptors (Lipinski definition) is 3. The Morgan fingerprint density at radius 2 is 1.95 bits per heavy atom. The quantitative estimate of drug-likeness (QED) is 0.847. The van der Waals surface area contributed by atoms with Crippen molar-refractivity contribution in [1.29, 1.82) is 0 Å². The summed E-state index contributed by atoms with van der Waals surface area (Å²) in [6.07, 6.45) is 4.32. The standard InChI is InChI=1S/C18H22N2OS/c1-19-10-4-8-18(17(19)21)9-5-11-20(18)12-14-13-22-16-7-3-2-6-15(14)16/h2-3,6-7,13H,4-5,8-12H2,1H3. The lowest BCUT2D eigenvalue weighted by Crippen LogP contribution is -2.58. The van der Waals surface area contributed by atoms with Gasteiger partial charge in [-0.3, -0.25) is 9.69 Å². The van der Waals surface area contributed by atoms with E-state index >= 15 is 0 Å². The number of likely N-dealkylation sites (tertiary alicyclic amines) is 2. The van der Waals surface area contributed by atoms with Gasteiger partial charge in [0, 0.05) is 24.8 Å². The summed E-state index contributed by atoms with van der Waals surface area (Å²) < 4.78 is 1.35. The summed E-state index contributed by atoms with van der Waals surface area (Å²) in [7, 11) is 1.96. The van der Waals surface area contributed by atoms with Gasteiger partial charge in [0.2, 0.25) is 5.91 Å². The van der Waals surface area contributed by atoms with Crippen molar-refractivity contribution >= 4 is 27.3 Å². The van der Waals surface area contributed by atoms with E-state index in [0.29, 0.717) is 5.91 Å². The van der Waals surface area contributed by atoms with Gasteiger partial charge in [0.1, 0.15) is 5.54 Å². The SMILES string of the molecule is CN1CCCC2(CCCN2Cc2csc3ccccc23)C1=O. The third kappa shape index (κ3) is 2.09. The Morgan fingerprint density at radius 3 is 2.82 bits per heavy atom. The van der Waals surface area contributed by atoms with E-state index in [1.165, 1.54) is 15.6 Å². The van der Waals surface area contributed by atoms with E-state index < -0.39 is 0 Å². The number of nitrogens with zero attached hydrogens (tertiary/aromatic N) is 2. The molecule has 2 aromatic rings. The third-order valence-electron chi connectivity index (χ3n) is 5.37. The molecule has 1 aromatic heterocycles. The molecular weight excluding hydrogens is 292 g/mol. The van der Waals surface area contributed by atoms with E-state index in [9.17, 15) is 4.79 Å². The van der Waals surface area contributed by atoms with Crippen molar-refractivity contribution in [3.63, 3.8) is 0 Å². The summed E-state index contributed by atoms with van der Waals surface area (Å²) in [5.41, 5.74) is 1.15. The minimum atomic E-state index is -0.226. The number of fused-ring (bicyclic) bond motifs is 1. The number of carbonyl (C=O) groups excluding carboxylic acids is 1. The predicted octanol–water partition coefficient (Wildman–Crippen LogP) is 3.49. The fourth-order valence-electron chi connectivity index (χ4n) is 4.22. The van der Waals surface area contributed by atoms with Crippen LogP contribution >= 0.6 is 11.3 Å². The molecule has 3 nitrogen and oxygen atoms in total. The summed E-state index contributed by atoms with van der Waals surface area (Å²) in [6.45, 7) is 2.86. The van der Waals surface area contributed by atoms with Gasteiger partial charge in [-0.25, -0.2) is 0 Å². The van der Waals surface area contributed by atoms with Crippen LogP contribution < -0.4 is 0 Å². The number of rotatable bonds is 2. The maximum Gasteiger partial charge on any atom is 0.242 e. The van der Waals surface area contributed by atoms with E-state index in [0.717, 1.165) is 45.3 Å². The molecule has 1 atom stereocenters. The monoisotopic (exact) mass is 314 g/mol. The molecule has 2 aliphatic heterocycles. The Kier molecular flexibility index (Phi) is 3.46. The van der Waals surface area contributed by atoms with Gasteiger partial charge in [0.05, 0.1) is 0 Å². The van der Waals surface area contributed by atoms with Gasteiger partial charge >= 0.3 is 0 Å². The highest BCUT2D eigenvalue weighted by atomic mass is 32.1. The maximum atomic E-state index is 12.8. The summed E-state index contributed by atoms with van der Waals surface area (Å²) in [5, 5.41) is 3.62. The molecule has 2 aliphatic rings. The summed E-state index contributed by atoms with van der Waals surface area (Å²) in [5.74, 6) is 0.343. The highest BCUT2D eigenvalue weighted by molar-refractivity contribution is 7.17. The van der Waals surface area contributed by atoms with Crippen LogP contribution in [0, 0.1) is 0 Å². The Morgan fingerprint density at radius 1 is 1.18 bits per heavy atom. The minimum Gasteiger partial charge on any atom is -0.344 e. The van der Waals surface area contributed by atoms with Crippen LogP contribution in [0.15, 0.2) is 29.6 Å². The van der Waals surface area contributed by atoms with Crippen molar-refractivity contribution in [2.45, 2.75) is 37.8 Å². The van der Waals surface area contributed by atoms with Crippen LogP contribution in [0.2, 0.25) is 0 Å². The van der Waals surface area contributed by atoms with Gasteiger partial charge in [0.15, 0.2) is 0 Å². The molecule has 2 saturated heterocycles. The first kappa shape index (κ1) is 14.2. The number of likely N-dealkylation sites (N-methyl/N-ethyl adjacent to an activating group) is 1. The molecular formula is C18H22N2OS. The molecule has 22 heavy (non-hydrogen) atoms. The van der Waals surface area contributed by atoms with Crippen LogP contribution in [0.4, 0.5) is 0 Å². The van der Waals surface area contributed by atoms with E-state index in [2.05, 4.69) is 34.5 Å². The number of hydrogen-bond donors (Lipinski definition) is 0. The largest absolute Gasteiger partial charge is 0.344 e. The van der Waals surface area contributed by atoms with Crippen LogP contribution in [0.5, 0.6) is 0 Å². The van der Waals surface area contributed by atoms with Gasteiger partial charge < -0.3 is 4.90 Å². The van der Waals surface area contributed by atoms with Gasteiger partial charge in [-0.1, -0.05) is 18.2 Å². The van der Waals surface area contributed by atoms with Crippen molar-refractivity contribution in [2.24, 2.45) is 0 Å². The third-order valence-corrected chi connectivity index (χ3v) is 6.39. The Labute approximate surface area is 135 Å². The molecule has 3 heterocycles. The number of carbonyl (C=O) groups is 1. The molecule has 0 aliphatic carbocycles. The molecule has 1 aromatic carbocycles. The summed E-state index contributed by atoms with van der Waals surface area (Å²) >= 11 is 1.81. The first-order valence-corrected chi connectivity index (χ1v) is 9.04. The summed E-state index contributed by atoms with van der Waals surface area (Å²) in [6, 6.07) is 8.60. The molecule has 1 amide bonds. The molecule has 1 spiro atoms. The van der Waals surface area contributed by atoms with Crippen molar-refractivity contribution in [1.82, 2.24) is 9.80 Å². The number of thiophene rings is 1. The molecule has 0 radical (unpaired) electrons. The van der Waals surface area contributed by atoms with E-state index in [4.69, 9.17) is 0 Å². The fraction of sp³-hybridized carbons (Fsp3) is 0.500. The van der Waals surface area contributed by atoms with Gasteiger partial charge in [-0.2, -0.15) is 0 Å². The second kappa shape index (κ2) is 5.36. The van der Waals surface area contributed by atoms with Crippen LogP contribution in [-0.4, -0.2) is 41.4 Å². The van der Waals surface area contributed by atoms with E-state index in [-0.39, 0.29) is 5.54 Å². The zero-order valence-corrected chi connectivity index (χ0v) is 13.9. The summed E-state index contributed by atoms with van der Waals surface area (Å²) in [4.78, 5) is 17.2. The van der Waals surface area contributed by atoms with Crippen molar-refractivity contribution < 1.29 is 4.79 Å². The lowest BCUT2D eigenvalue weighted by atomic mass is 9.85. The van der Waals surface area contributed by atoms with E-state index in [1.807, 2.05) is 23.3 Å². The van der Waals surface area contributed by atoms with Crippen molar-refractivity contribution in [3.05, 3.63) is 35.2 Å². The van der Waals surface area contributed by atoms with Crippen LogP contribution in [0.1, 0.15) is 31.2 Å². The highest BCUT2D eigenvalue weighted by Crippen LogP contribution is 2.40. The molecule has 0 N–H and O–H groups in total. The Hall–Kier alpha value is -1.39. The Bertz CT molecular complexity index is 710. The molecule has 116 valence electrons. The molecule has 1 unspecified atom stereocenters. The number of piperidine rings is 1. The molecule has 4 rings (SSSR count). The second-order valence-corrected chi connectivity index (χ2v) is 7.56. The average Bonchev–Trinajstić information content (AvgIpc) is 3.11. The fourth-order valence-corrected chi connectivity index (χ4v) is 5.18. The minimum absolute atomic E-state index is 0.226. The zero-order chi connectivity index (χ0) is 15.2. The number of amides is 1. The van der Waals surface area contributed by atoms with Crippen molar-refractivity contribution in [3.8, 4) is 0 Å². The average molecular weight is 314 g/mol. The molecule has 2 fully saturated rings. The normalized spacial score (nSPS) is 26.4. The van der Waals surface area contributed by atoms with Crippen molar-refractivity contribution in [2.75, 3.05) is 20.1 Å². The molecule has 0 saturated carbocycles. The highest BCUT2D eigenvalue weighted by Gasteiger charge is 2.49. The van der Waals surface area contributed by atoms with Gasteiger partial charge in [-0.05, 0) is 54.6 Å². The second-order valence-electron chi connectivity index (χ2n) is 6.64. The Balaban J connectivity index is 1.66. The van der Waals surface area contributed by atoms with Gasteiger partial charge in [-0.15, -0.1) is 11.3 Å². The zero-order valence-electron chi connectivity index (χ0n) is 13.0. The molecule has 0 bridgehead atoms.